The molecular weight excluding hydrogens is 387 g/mol. The Morgan fingerprint density at radius 3 is 2.55 bits per heavy atom. The summed E-state index contributed by atoms with van der Waals surface area (Å²) in [7, 11) is 0. The van der Waals surface area contributed by atoms with Gasteiger partial charge in [-0.15, -0.1) is 0 Å². The van der Waals surface area contributed by atoms with Crippen LogP contribution in [0.3, 0.4) is 0 Å². The molecule has 3 N–H and O–H groups in total. The molecule has 2 aromatic rings. The van der Waals surface area contributed by atoms with Crippen LogP contribution in [0.2, 0.25) is 5.02 Å². The molecule has 1 amide bonds. The van der Waals surface area contributed by atoms with Gasteiger partial charge in [0.2, 0.25) is 5.91 Å². The highest BCUT2D eigenvalue weighted by molar-refractivity contribution is 14.1. The Morgan fingerprint density at radius 1 is 1.20 bits per heavy atom. The Morgan fingerprint density at radius 2 is 1.90 bits per heavy atom. The second kappa shape index (κ2) is 6.76. The fourth-order valence-corrected chi connectivity index (χ4v) is 2.45. The van der Waals surface area contributed by atoms with Crippen molar-refractivity contribution in [2.24, 2.45) is 0 Å². The van der Waals surface area contributed by atoms with Crippen molar-refractivity contribution < 1.29 is 4.79 Å². The number of benzene rings is 2. The Bertz CT molecular complexity index is 653. The van der Waals surface area contributed by atoms with Gasteiger partial charge < -0.3 is 11.1 Å². The average molecular weight is 399 g/mol. The summed E-state index contributed by atoms with van der Waals surface area (Å²) in [6.07, 6.45) is 3.18. The molecule has 0 saturated heterocycles. The van der Waals surface area contributed by atoms with Crippen molar-refractivity contribution in [3.8, 4) is 0 Å². The maximum atomic E-state index is 11.8. The molecule has 0 heterocycles. The third-order valence-electron chi connectivity index (χ3n) is 2.55. The minimum absolute atomic E-state index is 0.232. The molecule has 5 heteroatoms. The zero-order valence-corrected chi connectivity index (χ0v) is 13.4. The van der Waals surface area contributed by atoms with E-state index in [1.165, 1.54) is 6.08 Å². The van der Waals surface area contributed by atoms with Gasteiger partial charge in [-0.1, -0.05) is 23.7 Å². The van der Waals surface area contributed by atoms with Gasteiger partial charge in [-0.05, 0) is 64.6 Å². The third-order valence-corrected chi connectivity index (χ3v) is 3.54. The molecule has 102 valence electrons. The van der Waals surface area contributed by atoms with E-state index in [1.54, 1.807) is 30.3 Å². The summed E-state index contributed by atoms with van der Waals surface area (Å²) in [6.45, 7) is 0. The number of rotatable bonds is 3. The van der Waals surface area contributed by atoms with E-state index in [0.717, 1.165) is 9.13 Å². The zero-order chi connectivity index (χ0) is 14.5. The topological polar surface area (TPSA) is 55.1 Å². The molecule has 2 aromatic carbocycles. The number of carbonyl (C=O) groups is 1. The SMILES string of the molecule is Nc1ccc(/C=C/C(=O)Nc2ccc(I)cc2Cl)cc1. The van der Waals surface area contributed by atoms with E-state index >= 15 is 0 Å². The van der Waals surface area contributed by atoms with E-state index in [0.29, 0.717) is 16.4 Å². The van der Waals surface area contributed by atoms with Gasteiger partial charge in [0, 0.05) is 15.3 Å². The number of carbonyl (C=O) groups excluding carboxylic acids is 1. The van der Waals surface area contributed by atoms with Crippen molar-refractivity contribution in [2.75, 3.05) is 11.1 Å². The summed E-state index contributed by atoms with van der Waals surface area (Å²) in [6, 6.07) is 12.7. The van der Waals surface area contributed by atoms with E-state index in [-0.39, 0.29) is 5.91 Å². The minimum Gasteiger partial charge on any atom is -0.399 e. The monoisotopic (exact) mass is 398 g/mol. The molecule has 0 saturated carbocycles. The van der Waals surface area contributed by atoms with Crippen molar-refractivity contribution >= 4 is 57.5 Å². The summed E-state index contributed by atoms with van der Waals surface area (Å²) in [5, 5.41) is 3.25. The fourth-order valence-electron chi connectivity index (χ4n) is 1.54. The molecule has 0 fully saturated rings. The summed E-state index contributed by atoms with van der Waals surface area (Å²) in [5.41, 5.74) is 7.79. The number of amides is 1. The van der Waals surface area contributed by atoms with Crippen LogP contribution in [-0.4, -0.2) is 5.91 Å². The molecule has 0 unspecified atom stereocenters. The lowest BCUT2D eigenvalue weighted by atomic mass is 10.2. The standard InChI is InChI=1S/C15H12ClIN2O/c16-13-9-11(17)4-7-14(13)19-15(20)8-3-10-1-5-12(18)6-2-10/h1-9H,18H2,(H,19,20)/b8-3+. The molecule has 0 aliphatic carbocycles. The van der Waals surface area contributed by atoms with Gasteiger partial charge in [-0.2, -0.15) is 0 Å². The van der Waals surface area contributed by atoms with Gasteiger partial charge in [0.05, 0.1) is 10.7 Å². The second-order valence-electron chi connectivity index (χ2n) is 4.11. The lowest BCUT2D eigenvalue weighted by Gasteiger charge is -2.05. The molecule has 0 radical (unpaired) electrons. The fraction of sp³-hybridized carbons (Fsp3) is 0. The highest BCUT2D eigenvalue weighted by Crippen LogP contribution is 2.23. The van der Waals surface area contributed by atoms with Crippen molar-refractivity contribution in [2.45, 2.75) is 0 Å². The summed E-state index contributed by atoms with van der Waals surface area (Å²) >= 11 is 8.21. The third kappa shape index (κ3) is 4.25. The predicted molar refractivity (Wildman–Crippen MR) is 92.7 cm³/mol. The van der Waals surface area contributed by atoms with Gasteiger partial charge >= 0.3 is 0 Å². The quantitative estimate of drug-likeness (QED) is 0.463. The van der Waals surface area contributed by atoms with Crippen LogP contribution >= 0.6 is 34.2 Å². The number of nitrogen functional groups attached to an aromatic ring is 1. The van der Waals surface area contributed by atoms with Crippen LogP contribution in [0, 0.1) is 3.57 Å². The lowest BCUT2D eigenvalue weighted by Crippen LogP contribution is -2.08. The lowest BCUT2D eigenvalue weighted by molar-refractivity contribution is -0.111. The first-order valence-electron chi connectivity index (χ1n) is 5.84. The minimum atomic E-state index is -0.232. The smallest absolute Gasteiger partial charge is 0.248 e. The van der Waals surface area contributed by atoms with Gasteiger partial charge in [-0.25, -0.2) is 0 Å². The molecule has 0 aromatic heterocycles. The maximum Gasteiger partial charge on any atom is 0.248 e. The number of nitrogens with one attached hydrogen (secondary N) is 1. The van der Waals surface area contributed by atoms with Crippen LogP contribution in [0.4, 0.5) is 11.4 Å². The van der Waals surface area contributed by atoms with Crippen LogP contribution in [-0.2, 0) is 4.79 Å². The van der Waals surface area contributed by atoms with Gasteiger partial charge in [-0.3, -0.25) is 4.79 Å². The molecular formula is C15H12ClIN2O. The summed E-state index contributed by atoms with van der Waals surface area (Å²) < 4.78 is 1.02. The molecule has 0 atom stereocenters. The number of anilines is 2. The zero-order valence-electron chi connectivity index (χ0n) is 10.4. The van der Waals surface area contributed by atoms with Crippen LogP contribution < -0.4 is 11.1 Å². The van der Waals surface area contributed by atoms with Gasteiger partial charge in [0.25, 0.3) is 0 Å². The van der Waals surface area contributed by atoms with E-state index < -0.39 is 0 Å². The van der Waals surface area contributed by atoms with Crippen molar-refractivity contribution in [3.05, 3.63) is 62.7 Å². The molecule has 0 aliphatic rings. The molecule has 0 spiro atoms. The normalized spacial score (nSPS) is 10.7. The first-order valence-corrected chi connectivity index (χ1v) is 7.30. The summed E-state index contributed by atoms with van der Waals surface area (Å²) in [5.74, 6) is -0.232. The van der Waals surface area contributed by atoms with Crippen LogP contribution in [0.15, 0.2) is 48.5 Å². The largest absolute Gasteiger partial charge is 0.399 e. The summed E-state index contributed by atoms with van der Waals surface area (Å²) in [4.78, 5) is 11.8. The van der Waals surface area contributed by atoms with E-state index in [9.17, 15) is 4.79 Å². The number of halogens is 2. The molecule has 2 rings (SSSR count). The molecule has 0 bridgehead atoms. The number of hydrogen-bond acceptors (Lipinski definition) is 2. The van der Waals surface area contributed by atoms with Crippen LogP contribution in [0.25, 0.3) is 6.08 Å². The number of nitrogens with two attached hydrogens (primary N) is 1. The van der Waals surface area contributed by atoms with Gasteiger partial charge in [0.15, 0.2) is 0 Å². The van der Waals surface area contributed by atoms with Crippen LogP contribution in [0.1, 0.15) is 5.56 Å². The second-order valence-corrected chi connectivity index (χ2v) is 5.77. The molecule has 20 heavy (non-hydrogen) atoms. The molecule has 0 aliphatic heterocycles. The van der Waals surface area contributed by atoms with E-state index in [2.05, 4.69) is 27.9 Å². The van der Waals surface area contributed by atoms with Gasteiger partial charge in [0.1, 0.15) is 0 Å². The highest BCUT2D eigenvalue weighted by atomic mass is 127. The first kappa shape index (κ1) is 14.9. The van der Waals surface area contributed by atoms with Crippen molar-refractivity contribution in [1.29, 1.82) is 0 Å². The van der Waals surface area contributed by atoms with Crippen molar-refractivity contribution in [1.82, 2.24) is 0 Å². The van der Waals surface area contributed by atoms with Crippen molar-refractivity contribution in [3.63, 3.8) is 0 Å². The first-order chi connectivity index (χ1) is 9.54. The maximum absolute atomic E-state index is 11.8. The van der Waals surface area contributed by atoms with Crippen LogP contribution in [0.5, 0.6) is 0 Å². The highest BCUT2D eigenvalue weighted by Gasteiger charge is 2.03. The Balaban J connectivity index is 2.03. The van der Waals surface area contributed by atoms with E-state index in [4.69, 9.17) is 17.3 Å². The Kier molecular flexibility index (Phi) is 5.03. The predicted octanol–water partition coefficient (Wildman–Crippen LogP) is 4.18. The van der Waals surface area contributed by atoms with E-state index in [1.807, 2.05) is 18.2 Å². The Hall–Kier alpha value is -1.53. The number of hydrogen-bond donors (Lipinski definition) is 2. The Labute approximate surface area is 136 Å². The average Bonchev–Trinajstić information content (AvgIpc) is 2.41. The molecule has 3 nitrogen and oxygen atoms in total.